The van der Waals surface area contributed by atoms with Crippen LogP contribution in [0.1, 0.15) is 35.7 Å². The van der Waals surface area contributed by atoms with Crippen molar-refractivity contribution in [1.82, 2.24) is 4.90 Å². The summed E-state index contributed by atoms with van der Waals surface area (Å²) in [5, 5.41) is 9.04. The van der Waals surface area contributed by atoms with Crippen molar-refractivity contribution in [2.24, 2.45) is 5.92 Å². The van der Waals surface area contributed by atoms with Crippen LogP contribution in [-0.4, -0.2) is 42.3 Å². The van der Waals surface area contributed by atoms with Crippen LogP contribution in [0.3, 0.4) is 0 Å². The first-order chi connectivity index (χ1) is 9.06. The van der Waals surface area contributed by atoms with E-state index in [-0.39, 0.29) is 18.2 Å². The van der Waals surface area contributed by atoms with Crippen LogP contribution >= 0.6 is 12.4 Å². The smallest absolute Gasteiger partial charge is 0.371 e. The van der Waals surface area contributed by atoms with Crippen LogP contribution in [0.25, 0.3) is 0 Å². The SMILES string of the molecule is CC(C)Cc1oc(C(=O)O)cc1CN1CCOCC1.Cl. The van der Waals surface area contributed by atoms with Crippen molar-refractivity contribution in [2.75, 3.05) is 26.3 Å². The van der Waals surface area contributed by atoms with Crippen LogP contribution in [0.4, 0.5) is 0 Å². The van der Waals surface area contributed by atoms with Crippen molar-refractivity contribution >= 4 is 18.4 Å². The minimum Gasteiger partial charge on any atom is -0.475 e. The average molecular weight is 304 g/mol. The van der Waals surface area contributed by atoms with E-state index in [0.29, 0.717) is 5.92 Å². The number of halogens is 1. The molecule has 0 atom stereocenters. The molecular formula is C14H22ClNO4. The van der Waals surface area contributed by atoms with Gasteiger partial charge in [0.05, 0.1) is 13.2 Å². The number of carbonyl (C=O) groups is 1. The highest BCUT2D eigenvalue weighted by Gasteiger charge is 2.19. The number of aromatic carboxylic acids is 1. The number of nitrogens with zero attached hydrogens (tertiary/aromatic N) is 1. The van der Waals surface area contributed by atoms with E-state index in [4.69, 9.17) is 14.3 Å². The quantitative estimate of drug-likeness (QED) is 0.905. The molecule has 1 aromatic heterocycles. The van der Waals surface area contributed by atoms with Gasteiger partial charge >= 0.3 is 5.97 Å². The number of carboxylic acid groups (broad SMARTS) is 1. The average Bonchev–Trinajstić information content (AvgIpc) is 2.73. The second kappa shape index (κ2) is 7.67. The van der Waals surface area contributed by atoms with E-state index in [1.165, 1.54) is 0 Å². The lowest BCUT2D eigenvalue weighted by molar-refractivity contribution is 0.0339. The fourth-order valence-electron chi connectivity index (χ4n) is 2.25. The molecule has 1 aliphatic heterocycles. The molecule has 114 valence electrons. The van der Waals surface area contributed by atoms with Crippen LogP contribution in [0.5, 0.6) is 0 Å². The predicted molar refractivity (Wildman–Crippen MR) is 77.6 cm³/mol. The topological polar surface area (TPSA) is 62.9 Å². The Morgan fingerprint density at radius 2 is 2.05 bits per heavy atom. The van der Waals surface area contributed by atoms with E-state index in [0.717, 1.165) is 50.6 Å². The van der Waals surface area contributed by atoms with Crippen molar-refractivity contribution in [3.8, 4) is 0 Å². The van der Waals surface area contributed by atoms with Gasteiger partial charge in [0.1, 0.15) is 5.76 Å². The summed E-state index contributed by atoms with van der Waals surface area (Å²) in [5.74, 6) is 0.285. The molecule has 1 aromatic rings. The number of furan rings is 1. The Morgan fingerprint density at radius 1 is 1.40 bits per heavy atom. The third-order valence-corrected chi connectivity index (χ3v) is 3.20. The number of rotatable bonds is 5. The van der Waals surface area contributed by atoms with Gasteiger partial charge in [-0.15, -0.1) is 12.4 Å². The fourth-order valence-corrected chi connectivity index (χ4v) is 2.25. The van der Waals surface area contributed by atoms with Gasteiger partial charge in [-0.3, -0.25) is 4.90 Å². The zero-order chi connectivity index (χ0) is 13.8. The fraction of sp³-hybridized carbons (Fsp3) is 0.643. The van der Waals surface area contributed by atoms with Gasteiger partial charge in [0, 0.05) is 31.6 Å². The third-order valence-electron chi connectivity index (χ3n) is 3.20. The minimum atomic E-state index is -1.00. The van der Waals surface area contributed by atoms with Gasteiger partial charge in [0.15, 0.2) is 0 Å². The van der Waals surface area contributed by atoms with Crippen molar-refractivity contribution < 1.29 is 19.1 Å². The van der Waals surface area contributed by atoms with Crippen LogP contribution in [0.15, 0.2) is 10.5 Å². The Bertz CT molecular complexity index is 438. The molecule has 0 amide bonds. The molecule has 6 heteroatoms. The van der Waals surface area contributed by atoms with E-state index in [9.17, 15) is 4.79 Å². The standard InChI is InChI=1S/C14H21NO4.ClH/c1-10(2)7-12-11(8-13(19-12)14(16)17)9-15-3-5-18-6-4-15;/h8,10H,3-7,9H2,1-2H3,(H,16,17);1H. The molecule has 1 aliphatic rings. The van der Waals surface area contributed by atoms with Gasteiger partial charge in [-0.25, -0.2) is 4.79 Å². The van der Waals surface area contributed by atoms with E-state index in [1.54, 1.807) is 6.07 Å². The van der Waals surface area contributed by atoms with E-state index in [1.807, 2.05) is 0 Å². The number of carboxylic acids is 1. The van der Waals surface area contributed by atoms with E-state index >= 15 is 0 Å². The molecule has 1 fully saturated rings. The Kier molecular flexibility index (Phi) is 6.52. The molecule has 1 N–H and O–H groups in total. The summed E-state index contributed by atoms with van der Waals surface area (Å²) in [7, 11) is 0. The highest BCUT2D eigenvalue weighted by molar-refractivity contribution is 5.85. The summed E-state index contributed by atoms with van der Waals surface area (Å²) in [6, 6.07) is 1.66. The Balaban J connectivity index is 0.00000200. The molecule has 2 rings (SSSR count). The molecule has 1 saturated heterocycles. The lowest BCUT2D eigenvalue weighted by atomic mass is 10.1. The molecule has 5 nitrogen and oxygen atoms in total. The number of morpholine rings is 1. The molecule has 0 aliphatic carbocycles. The van der Waals surface area contributed by atoms with Gasteiger partial charge in [0.25, 0.3) is 0 Å². The maximum atomic E-state index is 11.0. The number of hydrogen-bond acceptors (Lipinski definition) is 4. The highest BCUT2D eigenvalue weighted by Crippen LogP contribution is 2.21. The normalized spacial score (nSPS) is 16.1. The Labute approximate surface area is 125 Å². The molecule has 0 radical (unpaired) electrons. The van der Waals surface area contributed by atoms with Crippen molar-refractivity contribution in [2.45, 2.75) is 26.8 Å². The van der Waals surface area contributed by atoms with E-state index < -0.39 is 5.97 Å². The van der Waals surface area contributed by atoms with Gasteiger partial charge in [-0.05, 0) is 12.0 Å². The van der Waals surface area contributed by atoms with Crippen molar-refractivity contribution in [3.05, 3.63) is 23.2 Å². The molecular weight excluding hydrogens is 282 g/mol. The molecule has 0 aromatic carbocycles. The highest BCUT2D eigenvalue weighted by atomic mass is 35.5. The zero-order valence-corrected chi connectivity index (χ0v) is 12.7. The molecule has 0 spiro atoms. The first kappa shape index (κ1) is 17.0. The molecule has 0 bridgehead atoms. The third kappa shape index (κ3) is 4.51. The number of ether oxygens (including phenoxy) is 1. The first-order valence-electron chi connectivity index (χ1n) is 6.71. The van der Waals surface area contributed by atoms with Crippen LogP contribution < -0.4 is 0 Å². The largest absolute Gasteiger partial charge is 0.475 e. The Hall–Kier alpha value is -1.04. The van der Waals surface area contributed by atoms with Crippen molar-refractivity contribution in [1.29, 1.82) is 0 Å². The monoisotopic (exact) mass is 303 g/mol. The van der Waals surface area contributed by atoms with Crippen LogP contribution in [0, 0.1) is 5.92 Å². The molecule has 0 saturated carbocycles. The summed E-state index contributed by atoms with van der Waals surface area (Å²) in [4.78, 5) is 13.3. The molecule has 2 heterocycles. The van der Waals surface area contributed by atoms with Gasteiger partial charge in [0.2, 0.25) is 5.76 Å². The number of hydrogen-bond donors (Lipinski definition) is 1. The van der Waals surface area contributed by atoms with Crippen LogP contribution in [-0.2, 0) is 17.7 Å². The second-order valence-electron chi connectivity index (χ2n) is 5.35. The lowest BCUT2D eigenvalue weighted by Gasteiger charge is -2.26. The molecule has 20 heavy (non-hydrogen) atoms. The van der Waals surface area contributed by atoms with Gasteiger partial charge in [-0.2, -0.15) is 0 Å². The summed E-state index contributed by atoms with van der Waals surface area (Å²) in [6.07, 6.45) is 0.771. The maximum Gasteiger partial charge on any atom is 0.371 e. The Morgan fingerprint density at radius 3 is 2.60 bits per heavy atom. The molecule has 0 unspecified atom stereocenters. The summed E-state index contributed by atoms with van der Waals surface area (Å²) < 4.78 is 10.8. The second-order valence-corrected chi connectivity index (χ2v) is 5.35. The lowest BCUT2D eigenvalue weighted by Crippen LogP contribution is -2.35. The van der Waals surface area contributed by atoms with Gasteiger partial charge in [-0.1, -0.05) is 13.8 Å². The summed E-state index contributed by atoms with van der Waals surface area (Å²) >= 11 is 0. The van der Waals surface area contributed by atoms with E-state index in [2.05, 4.69) is 18.7 Å². The van der Waals surface area contributed by atoms with Gasteiger partial charge < -0.3 is 14.3 Å². The summed E-state index contributed by atoms with van der Waals surface area (Å²) in [6.45, 7) is 8.18. The van der Waals surface area contributed by atoms with Crippen LogP contribution in [0.2, 0.25) is 0 Å². The minimum absolute atomic E-state index is 0. The maximum absolute atomic E-state index is 11.0. The summed E-state index contributed by atoms with van der Waals surface area (Å²) in [5.41, 5.74) is 0.994. The predicted octanol–water partition coefficient (Wildman–Crippen LogP) is 2.43. The van der Waals surface area contributed by atoms with Crippen molar-refractivity contribution in [3.63, 3.8) is 0 Å². The zero-order valence-electron chi connectivity index (χ0n) is 11.9. The first-order valence-corrected chi connectivity index (χ1v) is 6.71.